The number of carbonyl (C=O) groups excluding carboxylic acids is 1. The molecule has 1 rings (SSSR count). The molecule has 1 amide bonds. The van der Waals surface area contributed by atoms with E-state index in [9.17, 15) is 9.59 Å². The maximum Gasteiger partial charge on any atom is 0.311 e. The number of nitrogens with zero attached hydrogens (tertiary/aromatic N) is 1. The minimum absolute atomic E-state index is 0.143. The van der Waals surface area contributed by atoms with Crippen LogP contribution >= 0.6 is 0 Å². The second-order valence-corrected chi connectivity index (χ2v) is 6.31. The molecule has 0 spiro atoms. The molecule has 0 aromatic heterocycles. The first-order valence-corrected chi connectivity index (χ1v) is 6.37. The van der Waals surface area contributed by atoms with Crippen LogP contribution in [0.1, 0.15) is 27.7 Å². The van der Waals surface area contributed by atoms with Crippen molar-refractivity contribution in [1.29, 1.82) is 0 Å². The van der Waals surface area contributed by atoms with Crippen molar-refractivity contribution >= 4 is 11.9 Å². The molecule has 0 aromatic carbocycles. The van der Waals surface area contributed by atoms with Gasteiger partial charge < -0.3 is 20.5 Å². The predicted octanol–water partition coefficient (Wildman–Crippen LogP) is 0.308. The van der Waals surface area contributed by atoms with Gasteiger partial charge in [0.25, 0.3) is 0 Å². The number of hydrogen-bond acceptors (Lipinski definition) is 4. The number of ether oxygens (including phenoxy) is 1. The lowest BCUT2D eigenvalue weighted by molar-refractivity contribution is -0.148. The Morgan fingerprint density at radius 2 is 1.79 bits per heavy atom. The molecule has 2 atom stereocenters. The van der Waals surface area contributed by atoms with Gasteiger partial charge in [0.2, 0.25) is 5.91 Å². The Hall–Kier alpha value is -1.14. The summed E-state index contributed by atoms with van der Waals surface area (Å²) in [6.07, 6.45) is 0. The number of carboxylic acids is 1. The molecule has 1 saturated heterocycles. The Bertz CT molecular complexity index is 373. The van der Waals surface area contributed by atoms with E-state index in [1.54, 1.807) is 34.7 Å². The number of likely N-dealkylation sites (N-methyl/N-ethyl adjacent to an activating group) is 1. The monoisotopic (exact) mass is 272 g/mol. The highest BCUT2D eigenvalue weighted by molar-refractivity contribution is 5.84. The largest absolute Gasteiger partial charge is 0.481 e. The molecule has 3 N–H and O–H groups in total. The summed E-state index contributed by atoms with van der Waals surface area (Å²) in [6.45, 7) is 7.52. The van der Waals surface area contributed by atoms with Gasteiger partial charge in [-0.3, -0.25) is 9.59 Å². The van der Waals surface area contributed by atoms with Crippen molar-refractivity contribution in [3.63, 3.8) is 0 Å². The molecule has 0 aromatic rings. The van der Waals surface area contributed by atoms with Crippen molar-refractivity contribution in [2.45, 2.75) is 39.3 Å². The van der Waals surface area contributed by atoms with Gasteiger partial charge in [-0.25, -0.2) is 0 Å². The van der Waals surface area contributed by atoms with Crippen LogP contribution in [-0.2, 0) is 14.3 Å². The summed E-state index contributed by atoms with van der Waals surface area (Å²) < 4.78 is 5.19. The van der Waals surface area contributed by atoms with E-state index in [1.807, 2.05) is 0 Å². The lowest BCUT2D eigenvalue weighted by Gasteiger charge is -2.41. The van der Waals surface area contributed by atoms with Crippen LogP contribution in [0.5, 0.6) is 0 Å². The zero-order valence-corrected chi connectivity index (χ0v) is 12.3. The van der Waals surface area contributed by atoms with Crippen LogP contribution in [0.15, 0.2) is 0 Å². The van der Waals surface area contributed by atoms with E-state index in [4.69, 9.17) is 15.6 Å². The number of amides is 1. The molecular formula is C13H24N2O4. The fraction of sp³-hybridized carbons (Fsp3) is 0.846. The number of aliphatic carboxylic acids is 1. The molecule has 0 aliphatic carbocycles. The highest BCUT2D eigenvalue weighted by Crippen LogP contribution is 2.32. The summed E-state index contributed by atoms with van der Waals surface area (Å²) >= 11 is 0. The van der Waals surface area contributed by atoms with E-state index < -0.39 is 28.9 Å². The van der Waals surface area contributed by atoms with E-state index in [2.05, 4.69) is 0 Å². The maximum atomic E-state index is 12.6. The topological polar surface area (TPSA) is 92.9 Å². The van der Waals surface area contributed by atoms with Crippen LogP contribution in [0.25, 0.3) is 0 Å². The lowest BCUT2D eigenvalue weighted by Crippen LogP contribution is -2.58. The summed E-state index contributed by atoms with van der Waals surface area (Å²) in [7, 11) is 1.62. The SMILES string of the molecule is CN(C(=O)C(C)(C)C(C)(C)N)C1COCC1C(=O)O. The third-order valence-corrected chi connectivity index (χ3v) is 4.33. The molecule has 1 heterocycles. The average Bonchev–Trinajstić information content (AvgIpc) is 2.74. The summed E-state index contributed by atoms with van der Waals surface area (Å²) in [4.78, 5) is 25.2. The molecule has 0 radical (unpaired) electrons. The van der Waals surface area contributed by atoms with Crippen molar-refractivity contribution in [1.82, 2.24) is 4.90 Å². The van der Waals surface area contributed by atoms with Crippen molar-refractivity contribution in [2.75, 3.05) is 20.3 Å². The first kappa shape index (κ1) is 15.9. The van der Waals surface area contributed by atoms with Crippen molar-refractivity contribution < 1.29 is 19.4 Å². The van der Waals surface area contributed by atoms with Crippen molar-refractivity contribution in [3.8, 4) is 0 Å². The van der Waals surface area contributed by atoms with Crippen LogP contribution in [0, 0.1) is 11.3 Å². The molecular weight excluding hydrogens is 248 g/mol. The van der Waals surface area contributed by atoms with Gasteiger partial charge in [-0.15, -0.1) is 0 Å². The Kier molecular flexibility index (Phi) is 4.27. The predicted molar refractivity (Wildman–Crippen MR) is 70.6 cm³/mol. The first-order valence-electron chi connectivity index (χ1n) is 6.37. The Labute approximate surface area is 113 Å². The van der Waals surface area contributed by atoms with E-state index in [0.717, 1.165) is 0 Å². The summed E-state index contributed by atoms with van der Waals surface area (Å²) in [6, 6.07) is -0.438. The standard InChI is InChI=1S/C13H24N2O4/c1-12(2,13(3,4)14)11(18)15(5)9-7-19-6-8(9)10(16)17/h8-9H,6-7,14H2,1-5H3,(H,16,17). The van der Waals surface area contributed by atoms with Gasteiger partial charge in [0.1, 0.15) is 5.92 Å². The molecule has 1 aliphatic heterocycles. The van der Waals surface area contributed by atoms with E-state index in [0.29, 0.717) is 0 Å². The summed E-state index contributed by atoms with van der Waals surface area (Å²) in [5, 5.41) is 9.13. The van der Waals surface area contributed by atoms with Crippen molar-refractivity contribution in [3.05, 3.63) is 0 Å². The molecule has 1 aliphatic rings. The van der Waals surface area contributed by atoms with Crippen LogP contribution in [0.2, 0.25) is 0 Å². The number of nitrogens with two attached hydrogens (primary N) is 1. The quantitative estimate of drug-likeness (QED) is 0.768. The second kappa shape index (κ2) is 5.09. The van der Waals surface area contributed by atoms with E-state index in [1.165, 1.54) is 4.90 Å². The van der Waals surface area contributed by atoms with Gasteiger partial charge in [-0.05, 0) is 27.7 Å². The third-order valence-electron chi connectivity index (χ3n) is 4.33. The second-order valence-electron chi connectivity index (χ2n) is 6.31. The molecule has 1 fully saturated rings. The number of rotatable bonds is 4. The molecule has 6 nitrogen and oxygen atoms in total. The molecule has 0 bridgehead atoms. The van der Waals surface area contributed by atoms with Crippen LogP contribution in [0.3, 0.4) is 0 Å². The number of carbonyl (C=O) groups is 2. The van der Waals surface area contributed by atoms with Crippen LogP contribution in [-0.4, -0.2) is 53.7 Å². The first-order chi connectivity index (χ1) is 8.50. The van der Waals surface area contributed by atoms with Crippen LogP contribution in [0.4, 0.5) is 0 Å². The van der Waals surface area contributed by atoms with Gasteiger partial charge in [0.05, 0.1) is 24.7 Å². The minimum Gasteiger partial charge on any atom is -0.481 e. The highest BCUT2D eigenvalue weighted by atomic mass is 16.5. The molecule has 6 heteroatoms. The zero-order chi connectivity index (χ0) is 15.0. The zero-order valence-electron chi connectivity index (χ0n) is 12.3. The summed E-state index contributed by atoms with van der Waals surface area (Å²) in [5.74, 6) is -1.78. The fourth-order valence-electron chi connectivity index (χ4n) is 2.03. The van der Waals surface area contributed by atoms with Crippen molar-refractivity contribution in [2.24, 2.45) is 17.1 Å². The van der Waals surface area contributed by atoms with E-state index >= 15 is 0 Å². The normalized spacial score (nSPS) is 24.3. The van der Waals surface area contributed by atoms with Gasteiger partial charge in [0.15, 0.2) is 0 Å². The molecule has 2 unspecified atom stereocenters. The maximum absolute atomic E-state index is 12.6. The fourth-order valence-corrected chi connectivity index (χ4v) is 2.03. The van der Waals surface area contributed by atoms with Crippen LogP contribution < -0.4 is 5.73 Å². The minimum atomic E-state index is -0.938. The van der Waals surface area contributed by atoms with Gasteiger partial charge in [0, 0.05) is 12.6 Å². The van der Waals surface area contributed by atoms with Gasteiger partial charge in [-0.1, -0.05) is 0 Å². The molecule has 110 valence electrons. The highest BCUT2D eigenvalue weighted by Gasteiger charge is 2.46. The average molecular weight is 272 g/mol. The molecule has 0 saturated carbocycles. The Morgan fingerprint density at radius 1 is 1.26 bits per heavy atom. The van der Waals surface area contributed by atoms with Gasteiger partial charge >= 0.3 is 5.97 Å². The van der Waals surface area contributed by atoms with Gasteiger partial charge in [-0.2, -0.15) is 0 Å². The lowest BCUT2D eigenvalue weighted by atomic mass is 9.74. The summed E-state index contributed by atoms with van der Waals surface area (Å²) in [5.41, 5.74) is 4.57. The Morgan fingerprint density at radius 3 is 2.21 bits per heavy atom. The molecule has 19 heavy (non-hydrogen) atoms. The van der Waals surface area contributed by atoms with E-state index in [-0.39, 0.29) is 19.1 Å². The smallest absolute Gasteiger partial charge is 0.311 e. The number of hydrogen-bond donors (Lipinski definition) is 2. The number of carboxylic acid groups (broad SMARTS) is 1. The third kappa shape index (κ3) is 2.90. The Balaban J connectivity index is 2.91.